The number of carbonyl (C=O) groups excluding carboxylic acids is 6. The van der Waals surface area contributed by atoms with E-state index in [1.54, 1.807) is 7.05 Å². The van der Waals surface area contributed by atoms with Crippen molar-refractivity contribution in [3.05, 3.63) is 0 Å². The van der Waals surface area contributed by atoms with Gasteiger partial charge >= 0.3 is 0 Å². The van der Waals surface area contributed by atoms with Crippen molar-refractivity contribution in [2.45, 2.75) is 6.92 Å². The van der Waals surface area contributed by atoms with Gasteiger partial charge in [0, 0.05) is 19.6 Å². The Hall–Kier alpha value is -3.50. The predicted octanol–water partition coefficient (Wildman–Crippen LogP) is -4.55. The van der Waals surface area contributed by atoms with Crippen LogP contribution < -0.4 is 31.9 Å². The molecule has 0 aliphatic heterocycles. The summed E-state index contributed by atoms with van der Waals surface area (Å²) in [5.74, 6) is -1.71. The van der Waals surface area contributed by atoms with Crippen LogP contribution in [0.5, 0.6) is 0 Å². The summed E-state index contributed by atoms with van der Waals surface area (Å²) in [7, 11) is 1.77. The Bertz CT molecular complexity index is 1080. The van der Waals surface area contributed by atoms with E-state index in [-0.39, 0.29) is 181 Å². The molecule has 0 radical (unpaired) electrons. The molecule has 0 fully saturated rings. The van der Waals surface area contributed by atoms with E-state index in [1.165, 1.54) is 6.92 Å². The lowest BCUT2D eigenvalue weighted by Crippen LogP contribution is -2.32. The van der Waals surface area contributed by atoms with Gasteiger partial charge in [-0.3, -0.25) is 34.1 Å². The number of hydrogen-bond donors (Lipinski definition) is 6. The number of ketones is 1. The monoisotopic (exact) mass is 858 g/mol. The first-order valence-electron chi connectivity index (χ1n) is 19.1. The SMILES string of the molecule is CNCOCCOCC(=O)NCCOCCOCC(=O)NCCOCCOCC(=O)NCCOCCOCC(=O)NCOCCOCC(=O)NCOCCOCC(C)=O. The molecule has 344 valence electrons. The zero-order chi connectivity index (χ0) is 43.3. The molecule has 5 amide bonds. The Morgan fingerprint density at radius 3 is 0.864 bits per heavy atom. The molecule has 0 rings (SSSR count). The lowest BCUT2D eigenvalue weighted by atomic mass is 10.5. The molecule has 0 heterocycles. The molecule has 0 bridgehead atoms. The van der Waals surface area contributed by atoms with Crippen LogP contribution in [-0.4, -0.2) is 221 Å². The molecule has 0 spiro atoms. The van der Waals surface area contributed by atoms with Crippen LogP contribution in [-0.2, 0) is 85.6 Å². The molecule has 24 heteroatoms. The lowest BCUT2D eigenvalue weighted by Gasteiger charge is -2.10. The first kappa shape index (κ1) is 55.5. The molecule has 0 atom stereocenters. The second kappa shape index (κ2) is 44.1. The van der Waals surface area contributed by atoms with E-state index in [0.717, 1.165) is 0 Å². The quantitative estimate of drug-likeness (QED) is 0.0248. The van der Waals surface area contributed by atoms with Crippen LogP contribution in [0.2, 0.25) is 0 Å². The third-order valence-electron chi connectivity index (χ3n) is 6.40. The summed E-state index contributed by atoms with van der Waals surface area (Å²) in [4.78, 5) is 69.4. The van der Waals surface area contributed by atoms with Crippen molar-refractivity contribution in [2.75, 3.05) is 186 Å². The van der Waals surface area contributed by atoms with E-state index in [4.69, 9.17) is 56.8 Å². The first-order valence-corrected chi connectivity index (χ1v) is 19.1. The van der Waals surface area contributed by atoms with E-state index in [1.807, 2.05) is 0 Å². The van der Waals surface area contributed by atoms with Crippen molar-refractivity contribution >= 4 is 35.3 Å². The van der Waals surface area contributed by atoms with E-state index in [9.17, 15) is 28.8 Å². The van der Waals surface area contributed by atoms with Gasteiger partial charge in [-0.25, -0.2) is 0 Å². The molecule has 0 aromatic carbocycles. The zero-order valence-electron chi connectivity index (χ0n) is 34.4. The van der Waals surface area contributed by atoms with Crippen molar-refractivity contribution in [1.29, 1.82) is 0 Å². The number of carbonyl (C=O) groups is 6. The summed E-state index contributed by atoms with van der Waals surface area (Å²) in [5, 5.41) is 15.8. The maximum Gasteiger partial charge on any atom is 0.247 e. The third kappa shape index (κ3) is 45.4. The van der Waals surface area contributed by atoms with Crippen LogP contribution in [0.15, 0.2) is 0 Å². The molecule has 0 unspecified atom stereocenters. The first-order chi connectivity index (χ1) is 28.7. The highest BCUT2D eigenvalue weighted by Crippen LogP contribution is 1.86. The Morgan fingerprint density at radius 1 is 0.305 bits per heavy atom. The highest BCUT2D eigenvalue weighted by Gasteiger charge is 2.06. The minimum atomic E-state index is -0.385. The Morgan fingerprint density at radius 2 is 0.559 bits per heavy atom. The van der Waals surface area contributed by atoms with Gasteiger partial charge in [-0.2, -0.15) is 0 Å². The van der Waals surface area contributed by atoms with Crippen LogP contribution in [0.4, 0.5) is 0 Å². The minimum absolute atomic E-state index is 0.0118. The highest BCUT2D eigenvalue weighted by molar-refractivity contribution is 5.78. The fourth-order valence-electron chi connectivity index (χ4n) is 3.68. The molecule has 0 aliphatic carbocycles. The summed E-state index contributed by atoms with van der Waals surface area (Å²) >= 11 is 0. The number of Topliss-reactive ketones (excluding diaryl/α,β-unsaturated/α-hetero) is 1. The number of rotatable bonds is 45. The molecular formula is C35H66N6O18. The summed E-state index contributed by atoms with van der Waals surface area (Å²) in [5.41, 5.74) is 0. The fourth-order valence-corrected chi connectivity index (χ4v) is 3.68. The van der Waals surface area contributed by atoms with E-state index in [0.29, 0.717) is 33.1 Å². The molecule has 24 nitrogen and oxygen atoms in total. The van der Waals surface area contributed by atoms with Gasteiger partial charge in [0.2, 0.25) is 29.5 Å². The van der Waals surface area contributed by atoms with Gasteiger partial charge in [0.05, 0.1) is 106 Å². The molecule has 0 saturated heterocycles. The van der Waals surface area contributed by atoms with Gasteiger partial charge in [0.15, 0.2) is 5.78 Å². The Balaban J connectivity index is 3.39. The summed E-state index contributed by atoms with van der Waals surface area (Å²) in [6.07, 6.45) is 0. The highest BCUT2D eigenvalue weighted by atomic mass is 16.6. The number of hydrogen-bond acceptors (Lipinski definition) is 19. The van der Waals surface area contributed by atoms with Crippen LogP contribution in [0, 0.1) is 0 Å². The molecule has 0 saturated carbocycles. The Labute approximate surface area is 345 Å². The lowest BCUT2D eigenvalue weighted by molar-refractivity contribution is -0.129. The predicted molar refractivity (Wildman–Crippen MR) is 205 cm³/mol. The van der Waals surface area contributed by atoms with Crippen LogP contribution in [0.3, 0.4) is 0 Å². The van der Waals surface area contributed by atoms with E-state index < -0.39 is 0 Å². The van der Waals surface area contributed by atoms with Gasteiger partial charge in [-0.1, -0.05) is 0 Å². The van der Waals surface area contributed by atoms with Crippen LogP contribution in [0.1, 0.15) is 6.92 Å². The summed E-state index contributed by atoms with van der Waals surface area (Å²) < 4.78 is 62.7. The summed E-state index contributed by atoms with van der Waals surface area (Å²) in [6.45, 7) is 5.56. The maximum absolute atomic E-state index is 11.9. The second-order valence-electron chi connectivity index (χ2n) is 11.6. The van der Waals surface area contributed by atoms with E-state index in [2.05, 4.69) is 31.9 Å². The topological polar surface area (TPSA) is 285 Å². The molecular weight excluding hydrogens is 792 g/mol. The van der Waals surface area contributed by atoms with Gasteiger partial charge in [0.25, 0.3) is 0 Å². The average molecular weight is 859 g/mol. The number of nitrogens with one attached hydrogen (secondary N) is 6. The van der Waals surface area contributed by atoms with Crippen molar-refractivity contribution in [3.63, 3.8) is 0 Å². The normalized spacial score (nSPS) is 10.9. The smallest absolute Gasteiger partial charge is 0.247 e. The zero-order valence-corrected chi connectivity index (χ0v) is 34.4. The second-order valence-corrected chi connectivity index (χ2v) is 11.6. The van der Waals surface area contributed by atoms with Crippen LogP contribution >= 0.6 is 0 Å². The van der Waals surface area contributed by atoms with Gasteiger partial charge in [-0.05, 0) is 14.0 Å². The van der Waals surface area contributed by atoms with Crippen molar-refractivity contribution < 1.29 is 85.6 Å². The maximum atomic E-state index is 11.9. The minimum Gasteiger partial charge on any atom is -0.377 e. The average Bonchev–Trinajstić information content (AvgIpc) is 3.21. The molecule has 6 N–H and O–H groups in total. The van der Waals surface area contributed by atoms with Gasteiger partial charge in [0.1, 0.15) is 53.1 Å². The molecule has 59 heavy (non-hydrogen) atoms. The molecule has 0 aliphatic rings. The number of amides is 5. The van der Waals surface area contributed by atoms with Gasteiger partial charge in [-0.15, -0.1) is 0 Å². The van der Waals surface area contributed by atoms with Crippen molar-refractivity contribution in [1.82, 2.24) is 31.9 Å². The molecule has 0 aromatic rings. The van der Waals surface area contributed by atoms with Crippen LogP contribution in [0.25, 0.3) is 0 Å². The van der Waals surface area contributed by atoms with E-state index >= 15 is 0 Å². The fraction of sp³-hybridized carbons (Fsp3) is 0.829. The number of ether oxygens (including phenoxy) is 12. The summed E-state index contributed by atoms with van der Waals surface area (Å²) in [6, 6.07) is 0. The largest absolute Gasteiger partial charge is 0.377 e. The van der Waals surface area contributed by atoms with Crippen molar-refractivity contribution in [3.8, 4) is 0 Å². The van der Waals surface area contributed by atoms with Crippen molar-refractivity contribution in [2.24, 2.45) is 0 Å². The molecule has 0 aromatic heterocycles. The van der Waals surface area contributed by atoms with Gasteiger partial charge < -0.3 is 83.4 Å². The third-order valence-corrected chi connectivity index (χ3v) is 6.40. The Kier molecular flexibility index (Phi) is 41.4. The standard InChI is InChI=1S/C35H66N6O18/c1-30(42)21-51-15-19-58-28-40-35(47)26-56-17-20-59-29-41-34(46)25-54-14-11-50-8-4-38-32(44)23-52-12-9-48-6-3-37-31(43)22-53-13-10-49-7-5-39-33(45)24-55-16-18-57-27-36-2/h36H,3-29H2,1-2H3,(H,37,43)(H,38,44)(H,39,45)(H,40,47)(H,41,46).